The van der Waals surface area contributed by atoms with Crippen LogP contribution in [0.1, 0.15) is 12.5 Å². The maximum Gasteiger partial charge on any atom is 0.375 e. The molecule has 0 aliphatic carbocycles. The highest BCUT2D eigenvalue weighted by atomic mass is 79.9. The van der Waals surface area contributed by atoms with Gasteiger partial charge < -0.3 is 4.74 Å². The summed E-state index contributed by atoms with van der Waals surface area (Å²) < 4.78 is 4.68. The van der Waals surface area contributed by atoms with Gasteiger partial charge in [-0.05, 0) is 37.3 Å². The van der Waals surface area contributed by atoms with Gasteiger partial charge in [0.15, 0.2) is 0 Å². The first-order chi connectivity index (χ1) is 8.58. The van der Waals surface area contributed by atoms with Gasteiger partial charge in [-0.3, -0.25) is 4.79 Å². The molecular formula is C13H15BrO3S. The van der Waals surface area contributed by atoms with Crippen LogP contribution in [-0.4, -0.2) is 29.4 Å². The van der Waals surface area contributed by atoms with Crippen LogP contribution in [0.15, 0.2) is 29.2 Å². The van der Waals surface area contributed by atoms with Crippen molar-refractivity contribution in [2.24, 2.45) is 0 Å². The van der Waals surface area contributed by atoms with E-state index >= 15 is 0 Å². The molecule has 0 saturated carbocycles. The Hall–Kier alpha value is -0.810. The third-order valence-corrected chi connectivity index (χ3v) is 3.82. The fourth-order valence-electron chi connectivity index (χ4n) is 1.39. The maximum absolute atomic E-state index is 11.6. The number of hydrogen-bond acceptors (Lipinski definition) is 4. The highest BCUT2D eigenvalue weighted by Crippen LogP contribution is 2.17. The summed E-state index contributed by atoms with van der Waals surface area (Å²) in [5.74, 6) is -1.31. The minimum Gasteiger partial charge on any atom is -0.460 e. The lowest BCUT2D eigenvalue weighted by molar-refractivity contribution is -0.153. The Kier molecular flexibility index (Phi) is 6.43. The molecule has 1 aromatic carbocycles. The van der Waals surface area contributed by atoms with Gasteiger partial charge in [-0.25, -0.2) is 4.79 Å². The van der Waals surface area contributed by atoms with Crippen molar-refractivity contribution < 1.29 is 14.3 Å². The van der Waals surface area contributed by atoms with Gasteiger partial charge in [0.2, 0.25) is 0 Å². The third-order valence-electron chi connectivity index (χ3n) is 2.34. The van der Waals surface area contributed by atoms with Gasteiger partial charge in [0, 0.05) is 4.90 Å². The van der Waals surface area contributed by atoms with Gasteiger partial charge in [0.1, 0.15) is 0 Å². The average Bonchev–Trinajstić information content (AvgIpc) is 2.39. The Labute approximate surface area is 119 Å². The average molecular weight is 331 g/mol. The van der Waals surface area contributed by atoms with E-state index in [2.05, 4.69) is 20.7 Å². The molecule has 1 unspecified atom stereocenters. The summed E-state index contributed by atoms with van der Waals surface area (Å²) in [6.45, 7) is 1.89. The van der Waals surface area contributed by atoms with E-state index in [1.54, 1.807) is 18.7 Å². The number of hydrogen-bond donors (Lipinski definition) is 0. The molecule has 0 fully saturated rings. The van der Waals surface area contributed by atoms with E-state index in [4.69, 9.17) is 0 Å². The van der Waals surface area contributed by atoms with Crippen molar-refractivity contribution in [1.29, 1.82) is 0 Å². The number of carbonyl (C=O) groups is 2. The van der Waals surface area contributed by atoms with Crippen LogP contribution >= 0.6 is 27.7 Å². The second-order valence-electron chi connectivity index (χ2n) is 3.60. The molecule has 0 aliphatic rings. The number of esters is 1. The largest absolute Gasteiger partial charge is 0.460 e. The quantitative estimate of drug-likeness (QED) is 0.348. The Balaban J connectivity index is 2.60. The highest BCUT2D eigenvalue weighted by Gasteiger charge is 2.24. The zero-order chi connectivity index (χ0) is 13.5. The molecule has 1 rings (SSSR count). The van der Waals surface area contributed by atoms with Crippen LogP contribution in [-0.2, 0) is 20.7 Å². The Bertz CT molecular complexity index is 417. The monoisotopic (exact) mass is 330 g/mol. The molecule has 0 saturated heterocycles. The smallest absolute Gasteiger partial charge is 0.375 e. The predicted octanol–water partition coefficient (Wildman–Crippen LogP) is 2.85. The molecule has 3 nitrogen and oxygen atoms in total. The van der Waals surface area contributed by atoms with E-state index in [1.807, 2.05) is 30.5 Å². The zero-order valence-electron chi connectivity index (χ0n) is 10.3. The van der Waals surface area contributed by atoms with Crippen molar-refractivity contribution in [2.75, 3.05) is 12.9 Å². The van der Waals surface area contributed by atoms with Crippen LogP contribution < -0.4 is 0 Å². The summed E-state index contributed by atoms with van der Waals surface area (Å²) >= 11 is 4.89. The lowest BCUT2D eigenvalue weighted by Crippen LogP contribution is -2.27. The van der Waals surface area contributed by atoms with Crippen LogP contribution in [0.5, 0.6) is 0 Å². The molecule has 0 spiro atoms. The first kappa shape index (κ1) is 15.2. The van der Waals surface area contributed by atoms with Gasteiger partial charge in [-0.2, -0.15) is 0 Å². The number of Topliss-reactive ketones (excluding diaryl/α,β-unsaturated/α-hetero) is 1. The van der Waals surface area contributed by atoms with Crippen molar-refractivity contribution in [3.8, 4) is 0 Å². The van der Waals surface area contributed by atoms with Crippen molar-refractivity contribution in [3.63, 3.8) is 0 Å². The van der Waals surface area contributed by atoms with E-state index in [9.17, 15) is 9.59 Å². The first-order valence-corrected chi connectivity index (χ1v) is 7.70. The maximum atomic E-state index is 11.6. The molecule has 0 bridgehead atoms. The van der Waals surface area contributed by atoms with Gasteiger partial charge in [-0.1, -0.05) is 28.1 Å². The molecule has 1 aromatic rings. The van der Waals surface area contributed by atoms with Crippen LogP contribution in [0.25, 0.3) is 0 Å². The number of halogens is 1. The minimum atomic E-state index is -0.778. The van der Waals surface area contributed by atoms with Crippen LogP contribution in [0, 0.1) is 0 Å². The molecule has 5 heteroatoms. The fraction of sp³-hybridized carbons (Fsp3) is 0.385. The van der Waals surface area contributed by atoms with Crippen molar-refractivity contribution in [3.05, 3.63) is 29.8 Å². The summed E-state index contributed by atoms with van der Waals surface area (Å²) in [7, 11) is 0. The van der Waals surface area contributed by atoms with E-state index in [-0.39, 0.29) is 6.61 Å². The van der Waals surface area contributed by atoms with Crippen LogP contribution in [0.3, 0.4) is 0 Å². The minimum absolute atomic E-state index is 0.215. The molecule has 0 N–H and O–H groups in total. The molecule has 98 valence electrons. The van der Waals surface area contributed by atoms with E-state index in [1.165, 1.54) is 4.90 Å². The van der Waals surface area contributed by atoms with Gasteiger partial charge in [0.05, 0.1) is 11.4 Å². The van der Waals surface area contributed by atoms with E-state index < -0.39 is 16.6 Å². The Morgan fingerprint density at radius 2 is 1.94 bits per heavy atom. The lowest BCUT2D eigenvalue weighted by Gasteiger charge is -2.08. The fourth-order valence-corrected chi connectivity index (χ4v) is 2.36. The predicted molar refractivity (Wildman–Crippen MR) is 76.3 cm³/mol. The second-order valence-corrected chi connectivity index (χ2v) is 5.59. The lowest BCUT2D eigenvalue weighted by atomic mass is 10.1. The summed E-state index contributed by atoms with van der Waals surface area (Å²) in [6.07, 6.45) is 2.49. The summed E-state index contributed by atoms with van der Waals surface area (Å²) in [5.41, 5.74) is 1.01. The number of benzene rings is 1. The number of ketones is 1. The van der Waals surface area contributed by atoms with E-state index in [0.717, 1.165) is 5.56 Å². The Morgan fingerprint density at radius 1 is 1.33 bits per heavy atom. The van der Waals surface area contributed by atoms with E-state index in [0.29, 0.717) is 6.42 Å². The molecule has 0 aliphatic heterocycles. The molecule has 0 heterocycles. The number of thioether (sulfide) groups is 1. The van der Waals surface area contributed by atoms with Crippen molar-refractivity contribution in [2.45, 2.75) is 23.1 Å². The van der Waals surface area contributed by atoms with Gasteiger partial charge in [-0.15, -0.1) is 11.8 Å². The molecule has 18 heavy (non-hydrogen) atoms. The molecule has 0 aromatic heterocycles. The number of alkyl halides is 1. The zero-order valence-corrected chi connectivity index (χ0v) is 12.7. The molecule has 0 amide bonds. The number of carbonyl (C=O) groups excluding carboxylic acids is 2. The van der Waals surface area contributed by atoms with Crippen molar-refractivity contribution >= 4 is 39.4 Å². The normalized spacial score (nSPS) is 11.9. The summed E-state index contributed by atoms with van der Waals surface area (Å²) in [6, 6.07) is 7.90. The highest BCUT2D eigenvalue weighted by molar-refractivity contribution is 9.10. The first-order valence-electron chi connectivity index (χ1n) is 5.56. The number of ether oxygens (including phenoxy) is 1. The molecular weight excluding hydrogens is 316 g/mol. The standard InChI is InChI=1S/C13H15BrO3S/c1-3-17-13(16)12(15)11(14)8-9-4-6-10(18-2)7-5-9/h4-7,11H,3,8H2,1-2H3. The molecule has 0 radical (unpaired) electrons. The Morgan fingerprint density at radius 3 is 2.44 bits per heavy atom. The summed E-state index contributed by atoms with van der Waals surface area (Å²) in [5, 5.41) is 0. The van der Waals surface area contributed by atoms with Crippen molar-refractivity contribution in [1.82, 2.24) is 0 Å². The van der Waals surface area contributed by atoms with Gasteiger partial charge in [0.25, 0.3) is 5.78 Å². The molecule has 1 atom stereocenters. The number of rotatable bonds is 6. The third kappa shape index (κ3) is 4.46. The SMILES string of the molecule is CCOC(=O)C(=O)C(Br)Cc1ccc(SC)cc1. The second kappa shape index (κ2) is 7.59. The van der Waals surface area contributed by atoms with Gasteiger partial charge >= 0.3 is 5.97 Å². The topological polar surface area (TPSA) is 43.4 Å². The van der Waals surface area contributed by atoms with Crippen LogP contribution in [0.2, 0.25) is 0 Å². The summed E-state index contributed by atoms with van der Waals surface area (Å²) in [4.78, 5) is 23.5. The van der Waals surface area contributed by atoms with Crippen LogP contribution in [0.4, 0.5) is 0 Å².